The second kappa shape index (κ2) is 5.24. The number of rotatable bonds is 1. The quantitative estimate of drug-likeness (QED) is 0.624. The topological polar surface area (TPSA) is 85.5 Å². The molecule has 4 rings (SSSR count). The number of hydrogen-bond acceptors (Lipinski definition) is 7. The van der Waals surface area contributed by atoms with E-state index in [0.29, 0.717) is 10.8 Å². The van der Waals surface area contributed by atoms with E-state index in [-0.39, 0.29) is 10.8 Å². The Bertz CT molecular complexity index is 871. The number of esters is 2. The van der Waals surface area contributed by atoms with Crippen molar-refractivity contribution in [3.63, 3.8) is 0 Å². The number of fused-ring (bicyclic) bond motifs is 5. The molecule has 23 heavy (non-hydrogen) atoms. The minimum Gasteiger partial charge on any atom is -0.468 e. The lowest BCUT2D eigenvalue weighted by atomic mass is 9.80. The number of H-pyrrole nitrogens is 1. The van der Waals surface area contributed by atoms with Crippen molar-refractivity contribution in [2.24, 2.45) is 5.92 Å². The highest BCUT2D eigenvalue weighted by atomic mass is 32.2. The molecule has 2 aliphatic heterocycles. The van der Waals surface area contributed by atoms with E-state index in [1.54, 1.807) is 12.1 Å². The fraction of sp³-hybridized carbons (Fsp3) is 0.267. The average Bonchev–Trinajstić information content (AvgIpc) is 2.93. The summed E-state index contributed by atoms with van der Waals surface area (Å²) >= 11 is 2.23. The molecule has 1 aromatic heterocycles. The number of benzene rings is 1. The van der Waals surface area contributed by atoms with Crippen LogP contribution in [0.25, 0.3) is 0 Å². The summed E-state index contributed by atoms with van der Waals surface area (Å²) in [6.07, 6.45) is 0. The van der Waals surface area contributed by atoms with Crippen LogP contribution in [0.1, 0.15) is 16.4 Å². The minimum atomic E-state index is -0.747. The van der Waals surface area contributed by atoms with Gasteiger partial charge in [0.1, 0.15) is 11.0 Å². The molecule has 0 fully saturated rings. The Balaban J connectivity index is 1.95. The van der Waals surface area contributed by atoms with Gasteiger partial charge in [-0.3, -0.25) is 14.4 Å². The minimum absolute atomic E-state index is 0.205. The summed E-state index contributed by atoms with van der Waals surface area (Å²) in [5.74, 6) is -1.58. The number of carbonyl (C=O) groups is 2. The first-order valence-electron chi connectivity index (χ1n) is 6.88. The van der Waals surface area contributed by atoms with Gasteiger partial charge in [0.2, 0.25) is 0 Å². The van der Waals surface area contributed by atoms with E-state index in [0.717, 1.165) is 33.5 Å². The fourth-order valence-electron chi connectivity index (χ4n) is 3.07. The van der Waals surface area contributed by atoms with Crippen LogP contribution in [0.4, 0.5) is 0 Å². The van der Waals surface area contributed by atoms with E-state index in [2.05, 4.69) is 4.98 Å². The number of hydrogen-bond donors (Lipinski definition) is 1. The number of thiazole rings is 1. The molecule has 2 aromatic rings. The van der Waals surface area contributed by atoms with Crippen molar-refractivity contribution in [1.29, 1.82) is 0 Å². The Kier molecular flexibility index (Phi) is 3.31. The highest BCUT2D eigenvalue weighted by Gasteiger charge is 2.51. The maximum Gasteiger partial charge on any atom is 0.320 e. The standard InChI is InChI=1S/C15H11NO5S2/c1-20-14(18)11-9-8(10-12(22-11)16-15(19)23-10)6-4-2-3-5-7(6)21-13(9)17/h2-5,8-9,11H,1H3,(H,16,19)/t8-,9+,11+/m1/s1. The van der Waals surface area contributed by atoms with Crippen molar-refractivity contribution in [2.45, 2.75) is 16.2 Å². The van der Waals surface area contributed by atoms with Crippen molar-refractivity contribution >= 4 is 35.0 Å². The number of carbonyl (C=O) groups excluding carboxylic acids is 2. The highest BCUT2D eigenvalue weighted by molar-refractivity contribution is 8.00. The van der Waals surface area contributed by atoms with Gasteiger partial charge in [-0.1, -0.05) is 41.3 Å². The molecule has 3 atom stereocenters. The van der Waals surface area contributed by atoms with Crippen molar-refractivity contribution in [2.75, 3.05) is 7.11 Å². The van der Waals surface area contributed by atoms with E-state index in [9.17, 15) is 14.4 Å². The zero-order valence-corrected chi connectivity index (χ0v) is 13.5. The number of aromatic nitrogens is 1. The first-order valence-corrected chi connectivity index (χ1v) is 8.58. The lowest BCUT2D eigenvalue weighted by Crippen LogP contribution is -2.44. The summed E-state index contributed by atoms with van der Waals surface area (Å²) < 4.78 is 10.2. The third kappa shape index (κ3) is 2.13. The molecule has 6 nitrogen and oxygen atoms in total. The molecule has 0 amide bonds. The number of nitrogens with one attached hydrogen (secondary N) is 1. The predicted octanol–water partition coefficient (Wildman–Crippen LogP) is 1.75. The molecule has 3 heterocycles. The van der Waals surface area contributed by atoms with Gasteiger partial charge in [0, 0.05) is 16.4 Å². The molecule has 0 spiro atoms. The lowest BCUT2D eigenvalue weighted by Gasteiger charge is -2.37. The van der Waals surface area contributed by atoms with E-state index >= 15 is 0 Å². The summed E-state index contributed by atoms with van der Waals surface area (Å²) in [6.45, 7) is 0. The Morgan fingerprint density at radius 1 is 1.30 bits per heavy atom. The molecule has 0 saturated heterocycles. The van der Waals surface area contributed by atoms with Gasteiger partial charge in [0.25, 0.3) is 0 Å². The normalized spacial score (nSPS) is 24.9. The molecule has 0 bridgehead atoms. The summed E-state index contributed by atoms with van der Waals surface area (Å²) in [4.78, 5) is 39.8. The second-order valence-corrected chi connectivity index (χ2v) is 7.40. The molecule has 1 aromatic carbocycles. The van der Waals surface area contributed by atoms with E-state index in [4.69, 9.17) is 9.47 Å². The molecule has 118 valence electrons. The summed E-state index contributed by atoms with van der Waals surface area (Å²) in [5, 5.41) is -0.121. The maximum atomic E-state index is 12.5. The van der Waals surface area contributed by atoms with Crippen LogP contribution in [-0.4, -0.2) is 29.3 Å². The number of para-hydroxylation sites is 1. The van der Waals surface area contributed by atoms with Crippen LogP contribution in [0.2, 0.25) is 0 Å². The van der Waals surface area contributed by atoms with Crippen LogP contribution < -0.4 is 9.61 Å². The van der Waals surface area contributed by atoms with E-state index < -0.39 is 23.1 Å². The van der Waals surface area contributed by atoms with Gasteiger partial charge in [-0.25, -0.2) is 0 Å². The smallest absolute Gasteiger partial charge is 0.320 e. The van der Waals surface area contributed by atoms with Crippen LogP contribution in [0.5, 0.6) is 5.75 Å². The van der Waals surface area contributed by atoms with Gasteiger partial charge in [0.05, 0.1) is 18.1 Å². The van der Waals surface area contributed by atoms with Gasteiger partial charge in [-0.15, -0.1) is 0 Å². The number of aromatic amines is 1. The molecular formula is C15H11NO5S2. The monoisotopic (exact) mass is 349 g/mol. The van der Waals surface area contributed by atoms with Crippen molar-refractivity contribution < 1.29 is 19.1 Å². The van der Waals surface area contributed by atoms with Crippen molar-refractivity contribution in [3.8, 4) is 5.75 Å². The highest BCUT2D eigenvalue weighted by Crippen LogP contribution is 2.53. The first kappa shape index (κ1) is 14.5. The third-order valence-electron chi connectivity index (χ3n) is 4.02. The zero-order valence-electron chi connectivity index (χ0n) is 11.9. The van der Waals surface area contributed by atoms with Crippen LogP contribution in [-0.2, 0) is 14.3 Å². The molecular weight excluding hydrogens is 338 g/mol. The van der Waals surface area contributed by atoms with Gasteiger partial charge >= 0.3 is 16.8 Å². The maximum absolute atomic E-state index is 12.5. The number of methoxy groups -OCH3 is 1. The van der Waals surface area contributed by atoms with Gasteiger partial charge < -0.3 is 14.5 Å². The van der Waals surface area contributed by atoms with Gasteiger partial charge in [-0.2, -0.15) is 0 Å². The molecule has 2 aliphatic rings. The van der Waals surface area contributed by atoms with Crippen LogP contribution in [0.3, 0.4) is 0 Å². The third-order valence-corrected chi connectivity index (χ3v) is 6.42. The fourth-order valence-corrected chi connectivity index (χ4v) is 5.56. The molecule has 8 heteroatoms. The second-order valence-electron chi connectivity index (χ2n) is 5.23. The first-order chi connectivity index (χ1) is 11.1. The molecule has 1 N–H and O–H groups in total. The number of ether oxygens (including phenoxy) is 2. The van der Waals surface area contributed by atoms with Crippen molar-refractivity contribution in [1.82, 2.24) is 4.98 Å². The van der Waals surface area contributed by atoms with Gasteiger partial charge in [0.15, 0.2) is 0 Å². The largest absolute Gasteiger partial charge is 0.468 e. The SMILES string of the molecule is COC(=O)[C@H]1Sc2[nH]c(=O)sc2[C@@H]2c3ccccc3OC(=O)[C@@H]21. The van der Waals surface area contributed by atoms with Crippen LogP contribution >= 0.6 is 23.1 Å². The summed E-state index contributed by atoms with van der Waals surface area (Å²) in [7, 11) is 1.28. The zero-order chi connectivity index (χ0) is 16.1. The molecule has 0 aliphatic carbocycles. The Labute approximate surface area is 138 Å². The summed E-state index contributed by atoms with van der Waals surface area (Å²) in [6, 6.07) is 7.20. The number of thioether (sulfide) groups is 1. The Hall–Kier alpha value is -2.06. The lowest BCUT2D eigenvalue weighted by molar-refractivity contribution is -0.149. The van der Waals surface area contributed by atoms with Crippen molar-refractivity contribution in [3.05, 3.63) is 44.4 Å². The molecule has 0 saturated carbocycles. The van der Waals surface area contributed by atoms with Gasteiger partial charge in [-0.05, 0) is 6.07 Å². The predicted molar refractivity (Wildman–Crippen MR) is 84.0 cm³/mol. The van der Waals surface area contributed by atoms with Crippen LogP contribution in [0, 0.1) is 5.92 Å². The molecule has 0 radical (unpaired) electrons. The molecule has 0 unspecified atom stereocenters. The van der Waals surface area contributed by atoms with E-state index in [1.807, 2.05) is 12.1 Å². The van der Waals surface area contributed by atoms with E-state index in [1.165, 1.54) is 7.11 Å². The Morgan fingerprint density at radius 2 is 2.09 bits per heavy atom. The average molecular weight is 349 g/mol. The Morgan fingerprint density at radius 3 is 2.87 bits per heavy atom. The summed E-state index contributed by atoms with van der Waals surface area (Å²) in [5.41, 5.74) is 0.808. The van der Waals surface area contributed by atoms with Crippen LogP contribution in [0.15, 0.2) is 34.1 Å².